The third kappa shape index (κ3) is 7.80. The van der Waals surface area contributed by atoms with Crippen LogP contribution in [0.4, 0.5) is 0 Å². The van der Waals surface area contributed by atoms with E-state index in [0.29, 0.717) is 5.92 Å². The molecule has 0 N–H and O–H groups in total. The van der Waals surface area contributed by atoms with Crippen molar-refractivity contribution in [3.8, 4) is 0 Å². The maximum atomic E-state index is 10.9. The maximum absolute atomic E-state index is 10.9. The molecule has 0 radical (unpaired) electrons. The van der Waals surface area contributed by atoms with Gasteiger partial charge in [-0.15, -0.1) is 0 Å². The molecule has 1 aromatic carbocycles. The Kier molecular flexibility index (Phi) is 10.1. The first-order valence-electron chi connectivity index (χ1n) is 7.40. The molecule has 0 heterocycles. The van der Waals surface area contributed by atoms with E-state index in [9.17, 15) is 13.0 Å². The molecule has 0 amide bonds. The van der Waals surface area contributed by atoms with E-state index in [1.807, 2.05) is 0 Å². The van der Waals surface area contributed by atoms with Crippen LogP contribution < -0.4 is 29.6 Å². The Morgan fingerprint density at radius 1 is 1.05 bits per heavy atom. The van der Waals surface area contributed by atoms with Crippen molar-refractivity contribution in [3.63, 3.8) is 0 Å². The van der Waals surface area contributed by atoms with Gasteiger partial charge in [-0.25, -0.2) is 8.42 Å². The molecule has 1 aromatic rings. The van der Waals surface area contributed by atoms with Gasteiger partial charge >= 0.3 is 29.6 Å². The van der Waals surface area contributed by atoms with Crippen LogP contribution in [0, 0.1) is 5.92 Å². The fraction of sp³-hybridized carbons (Fsp3) is 0.625. The minimum Gasteiger partial charge on any atom is -0.744 e. The third-order valence-electron chi connectivity index (χ3n) is 3.85. The summed E-state index contributed by atoms with van der Waals surface area (Å²) in [6, 6.07) is 6.33. The molecule has 0 aliphatic heterocycles. The number of hydrogen-bond acceptors (Lipinski definition) is 3. The first kappa shape index (κ1) is 21.1. The van der Waals surface area contributed by atoms with Gasteiger partial charge in [-0.2, -0.15) is 0 Å². The van der Waals surface area contributed by atoms with Crippen LogP contribution >= 0.6 is 0 Å². The largest absolute Gasteiger partial charge is 1.00 e. The van der Waals surface area contributed by atoms with Gasteiger partial charge in [0, 0.05) is 0 Å². The van der Waals surface area contributed by atoms with Gasteiger partial charge < -0.3 is 4.55 Å². The van der Waals surface area contributed by atoms with Crippen LogP contribution in [0.1, 0.15) is 64.4 Å². The monoisotopic (exact) mass is 320 g/mol. The third-order valence-corrected chi connectivity index (χ3v) is 4.70. The number of hydrogen-bond donors (Lipinski definition) is 0. The molecule has 0 aliphatic carbocycles. The van der Waals surface area contributed by atoms with Gasteiger partial charge in [-0.3, -0.25) is 0 Å². The van der Waals surface area contributed by atoms with Crippen LogP contribution in [0.5, 0.6) is 0 Å². The second kappa shape index (κ2) is 10.0. The summed E-state index contributed by atoms with van der Waals surface area (Å²) in [5.41, 5.74) is 1.10. The second-order valence-electron chi connectivity index (χ2n) is 5.75. The first-order chi connectivity index (χ1) is 9.34. The quantitative estimate of drug-likeness (QED) is 0.536. The molecule has 2 atom stereocenters. The Hall–Kier alpha value is 0.130. The van der Waals surface area contributed by atoms with Crippen molar-refractivity contribution in [1.29, 1.82) is 0 Å². The van der Waals surface area contributed by atoms with Crippen LogP contribution in [0.25, 0.3) is 0 Å². The van der Waals surface area contributed by atoms with Crippen molar-refractivity contribution in [2.75, 3.05) is 0 Å². The molecule has 0 bridgehead atoms. The van der Waals surface area contributed by atoms with E-state index >= 15 is 0 Å². The van der Waals surface area contributed by atoms with Crippen LogP contribution in [-0.4, -0.2) is 13.0 Å². The van der Waals surface area contributed by atoms with Crippen molar-refractivity contribution >= 4 is 10.1 Å². The summed E-state index contributed by atoms with van der Waals surface area (Å²) >= 11 is 0. The van der Waals surface area contributed by atoms with E-state index in [0.717, 1.165) is 17.9 Å². The fourth-order valence-corrected chi connectivity index (χ4v) is 3.01. The summed E-state index contributed by atoms with van der Waals surface area (Å²) in [6.07, 6.45) is 6.04. The molecule has 0 aromatic heterocycles. The van der Waals surface area contributed by atoms with Crippen LogP contribution in [0.3, 0.4) is 0 Å². The van der Waals surface area contributed by atoms with Gasteiger partial charge in [0.15, 0.2) is 0 Å². The Labute approximate surface area is 151 Å². The zero-order valence-electron chi connectivity index (χ0n) is 13.6. The predicted octanol–water partition coefficient (Wildman–Crippen LogP) is 1.30. The summed E-state index contributed by atoms with van der Waals surface area (Å²) in [6.45, 7) is 6.65. The van der Waals surface area contributed by atoms with E-state index < -0.39 is 10.1 Å². The standard InChI is InChI=1S/C16H26O3S.Na/c1-4-6-13(2)7-5-8-14(3)15-9-11-16(12-10-15)20(17,18)19;/h9-14H,4-8H2,1-3H3,(H,17,18,19);/q;+1/p-1. The first-order valence-corrected chi connectivity index (χ1v) is 8.81. The van der Waals surface area contributed by atoms with Crippen molar-refractivity contribution in [3.05, 3.63) is 29.8 Å². The number of benzene rings is 1. The average Bonchev–Trinajstić information content (AvgIpc) is 2.38. The summed E-state index contributed by atoms with van der Waals surface area (Å²) in [4.78, 5) is -0.148. The van der Waals surface area contributed by atoms with Crippen molar-refractivity contribution in [2.45, 2.75) is 63.7 Å². The minimum atomic E-state index is -4.33. The SMILES string of the molecule is CCCC(C)CCCC(C)c1ccc(S(=O)(=O)[O-])cc1.[Na+]. The summed E-state index contributed by atoms with van der Waals surface area (Å²) in [7, 11) is -4.33. The van der Waals surface area contributed by atoms with E-state index in [4.69, 9.17) is 0 Å². The van der Waals surface area contributed by atoms with E-state index in [1.54, 1.807) is 12.1 Å². The predicted molar refractivity (Wildman–Crippen MR) is 80.7 cm³/mol. The molecule has 1 rings (SSSR count). The van der Waals surface area contributed by atoms with E-state index in [1.165, 1.54) is 37.8 Å². The van der Waals surface area contributed by atoms with Gasteiger partial charge in [0.05, 0.1) is 4.90 Å². The molecule has 0 spiro atoms. The van der Waals surface area contributed by atoms with Crippen LogP contribution in [0.2, 0.25) is 0 Å². The maximum Gasteiger partial charge on any atom is 1.00 e. The van der Waals surface area contributed by atoms with Crippen LogP contribution in [-0.2, 0) is 10.1 Å². The topological polar surface area (TPSA) is 57.2 Å². The molecule has 0 fully saturated rings. The molecule has 114 valence electrons. The van der Waals surface area contributed by atoms with Gasteiger partial charge in [0.1, 0.15) is 10.1 Å². The van der Waals surface area contributed by atoms with Gasteiger partial charge in [0.25, 0.3) is 0 Å². The Balaban J connectivity index is 0.00000400. The van der Waals surface area contributed by atoms with Crippen molar-refractivity contribution in [1.82, 2.24) is 0 Å². The van der Waals surface area contributed by atoms with E-state index in [2.05, 4.69) is 20.8 Å². The fourth-order valence-electron chi connectivity index (χ4n) is 2.54. The summed E-state index contributed by atoms with van der Waals surface area (Å²) in [5, 5.41) is 0. The summed E-state index contributed by atoms with van der Waals surface area (Å²) < 4.78 is 32.6. The Morgan fingerprint density at radius 2 is 1.62 bits per heavy atom. The Morgan fingerprint density at radius 3 is 2.10 bits per heavy atom. The smallest absolute Gasteiger partial charge is 0.744 e. The molecule has 0 saturated heterocycles. The zero-order chi connectivity index (χ0) is 15.2. The summed E-state index contributed by atoms with van der Waals surface area (Å²) in [5.74, 6) is 1.17. The molecule has 0 aliphatic rings. The molecule has 3 nitrogen and oxygen atoms in total. The van der Waals surface area contributed by atoms with Gasteiger partial charge in [-0.1, -0.05) is 58.6 Å². The molecular formula is C16H25NaO3S. The molecular weight excluding hydrogens is 295 g/mol. The van der Waals surface area contributed by atoms with Gasteiger partial charge in [-0.05, 0) is 36.0 Å². The van der Waals surface area contributed by atoms with Crippen molar-refractivity contribution < 1.29 is 42.5 Å². The second-order valence-corrected chi connectivity index (χ2v) is 7.13. The number of rotatable bonds is 8. The van der Waals surface area contributed by atoms with E-state index in [-0.39, 0.29) is 34.5 Å². The minimum absolute atomic E-state index is 0. The molecule has 21 heavy (non-hydrogen) atoms. The normalized spacial score (nSPS) is 14.3. The molecule has 5 heteroatoms. The van der Waals surface area contributed by atoms with Crippen LogP contribution in [0.15, 0.2) is 29.2 Å². The Bertz CT molecular complexity index is 497. The van der Waals surface area contributed by atoms with Crippen molar-refractivity contribution in [2.24, 2.45) is 5.92 Å². The van der Waals surface area contributed by atoms with Gasteiger partial charge in [0.2, 0.25) is 0 Å². The zero-order valence-corrected chi connectivity index (χ0v) is 16.4. The average molecular weight is 320 g/mol. The molecule has 2 unspecified atom stereocenters. The molecule has 0 saturated carbocycles.